The molecular formula is C30H37N5O2. The number of benzene rings is 2. The van der Waals surface area contributed by atoms with E-state index in [2.05, 4.69) is 52.5 Å². The number of nitrogens with zero attached hydrogens (tertiary/aromatic N) is 3. The number of nitrogens with one attached hydrogen (secondary N) is 1. The molecule has 0 radical (unpaired) electrons. The van der Waals surface area contributed by atoms with Crippen molar-refractivity contribution in [3.63, 3.8) is 0 Å². The maximum Gasteiger partial charge on any atom is 0.255 e. The lowest BCUT2D eigenvalue weighted by Crippen LogP contribution is -2.33. The summed E-state index contributed by atoms with van der Waals surface area (Å²) in [5, 5.41) is 3.04. The van der Waals surface area contributed by atoms with Gasteiger partial charge in [-0.15, -0.1) is 0 Å². The van der Waals surface area contributed by atoms with E-state index in [1.165, 1.54) is 0 Å². The van der Waals surface area contributed by atoms with Crippen molar-refractivity contribution in [2.45, 2.75) is 39.7 Å². The van der Waals surface area contributed by atoms with E-state index in [9.17, 15) is 9.59 Å². The number of pyridine rings is 1. The van der Waals surface area contributed by atoms with E-state index in [-0.39, 0.29) is 11.8 Å². The minimum absolute atomic E-state index is 0.0555. The first-order valence-corrected chi connectivity index (χ1v) is 13.1. The molecule has 1 aliphatic rings. The summed E-state index contributed by atoms with van der Waals surface area (Å²) in [5.41, 5.74) is 11.3. The third kappa shape index (κ3) is 6.95. The van der Waals surface area contributed by atoms with Crippen LogP contribution >= 0.6 is 0 Å². The molecule has 0 saturated carbocycles. The summed E-state index contributed by atoms with van der Waals surface area (Å²) in [5.74, 6) is 0.596. The highest BCUT2D eigenvalue weighted by molar-refractivity contribution is 5.95. The van der Waals surface area contributed by atoms with Crippen LogP contribution in [0.15, 0.2) is 67.0 Å². The molecule has 194 valence electrons. The number of anilines is 2. The molecule has 0 spiro atoms. The Hall–Kier alpha value is -3.71. The third-order valence-electron chi connectivity index (χ3n) is 6.89. The highest BCUT2D eigenvalue weighted by atomic mass is 16.2. The first-order chi connectivity index (χ1) is 17.9. The van der Waals surface area contributed by atoms with Crippen molar-refractivity contribution in [3.05, 3.63) is 78.1 Å². The van der Waals surface area contributed by atoms with Gasteiger partial charge in [-0.05, 0) is 78.7 Å². The molecule has 0 atom stereocenters. The predicted molar refractivity (Wildman–Crippen MR) is 149 cm³/mol. The van der Waals surface area contributed by atoms with Gasteiger partial charge in [-0.3, -0.25) is 14.6 Å². The van der Waals surface area contributed by atoms with Gasteiger partial charge in [-0.2, -0.15) is 0 Å². The number of carbonyl (C=O) groups is 2. The molecule has 7 nitrogen and oxygen atoms in total. The van der Waals surface area contributed by atoms with Gasteiger partial charge in [0.25, 0.3) is 5.91 Å². The van der Waals surface area contributed by atoms with E-state index in [0.717, 1.165) is 66.3 Å². The number of piperidine rings is 1. The summed E-state index contributed by atoms with van der Waals surface area (Å²) in [6, 6.07) is 18.1. The highest BCUT2D eigenvalue weighted by Gasteiger charge is 2.20. The van der Waals surface area contributed by atoms with Gasteiger partial charge in [0.1, 0.15) is 0 Å². The summed E-state index contributed by atoms with van der Waals surface area (Å²) in [6.07, 6.45) is 6.30. The second-order valence-corrected chi connectivity index (χ2v) is 9.89. The largest absolute Gasteiger partial charge is 0.370 e. The smallest absolute Gasteiger partial charge is 0.255 e. The van der Waals surface area contributed by atoms with Crippen molar-refractivity contribution in [1.82, 2.24) is 9.88 Å². The van der Waals surface area contributed by atoms with Crippen molar-refractivity contribution in [2.75, 3.05) is 36.4 Å². The molecule has 37 heavy (non-hydrogen) atoms. The van der Waals surface area contributed by atoms with Gasteiger partial charge in [0.15, 0.2) is 0 Å². The van der Waals surface area contributed by atoms with Crippen LogP contribution in [-0.4, -0.2) is 47.9 Å². The van der Waals surface area contributed by atoms with Gasteiger partial charge in [0, 0.05) is 45.5 Å². The lowest BCUT2D eigenvalue weighted by molar-refractivity contribution is -0.114. The Morgan fingerprint density at radius 3 is 2.57 bits per heavy atom. The molecule has 4 rings (SSSR count). The molecule has 3 N–H and O–H groups in total. The molecular weight excluding hydrogens is 462 g/mol. The molecule has 0 unspecified atom stereocenters. The quantitative estimate of drug-likeness (QED) is 0.435. The van der Waals surface area contributed by atoms with Gasteiger partial charge in [0.2, 0.25) is 5.91 Å². The van der Waals surface area contributed by atoms with Crippen molar-refractivity contribution in [3.8, 4) is 11.1 Å². The number of aromatic nitrogens is 1. The second kappa shape index (κ2) is 12.5. The zero-order valence-corrected chi connectivity index (χ0v) is 21.8. The van der Waals surface area contributed by atoms with E-state index in [0.29, 0.717) is 25.2 Å². The number of carbonyl (C=O) groups excluding carboxylic acids is 2. The fourth-order valence-corrected chi connectivity index (χ4v) is 4.81. The van der Waals surface area contributed by atoms with Crippen LogP contribution in [0.25, 0.3) is 11.1 Å². The molecule has 2 heterocycles. The number of hydrogen-bond acceptors (Lipinski definition) is 5. The van der Waals surface area contributed by atoms with Crippen molar-refractivity contribution < 1.29 is 9.59 Å². The van der Waals surface area contributed by atoms with Gasteiger partial charge in [-0.25, -0.2) is 0 Å². The minimum atomic E-state index is -0.0815. The summed E-state index contributed by atoms with van der Waals surface area (Å²) in [7, 11) is 0. The van der Waals surface area contributed by atoms with Crippen LogP contribution in [0.5, 0.6) is 0 Å². The predicted octanol–water partition coefficient (Wildman–Crippen LogP) is 4.93. The van der Waals surface area contributed by atoms with Crippen LogP contribution in [-0.2, 0) is 11.3 Å². The SMILES string of the molecule is CC(=O)Nc1cc(-c2cccc(CN(CCCN)C(=O)c3cccnc3)c2)ccc1N1CCC(C)CC1. The van der Waals surface area contributed by atoms with Crippen LogP contribution < -0.4 is 16.0 Å². The standard InChI is InChI=1S/C30H37N5O2/c1-22-11-16-34(17-12-22)29-10-9-26(19-28(29)33-23(2)36)25-7-3-6-24(18-25)21-35(15-5-13-31)30(37)27-8-4-14-32-20-27/h3-4,6-10,14,18-20,22H,5,11-13,15-17,21,31H2,1-2H3,(H,33,36). The average Bonchev–Trinajstić information content (AvgIpc) is 2.91. The van der Waals surface area contributed by atoms with Crippen LogP contribution in [0.1, 0.15) is 49.0 Å². The van der Waals surface area contributed by atoms with Crippen molar-refractivity contribution in [2.24, 2.45) is 11.7 Å². The van der Waals surface area contributed by atoms with Gasteiger partial charge >= 0.3 is 0 Å². The van der Waals surface area contributed by atoms with Gasteiger partial charge < -0.3 is 20.9 Å². The van der Waals surface area contributed by atoms with Crippen molar-refractivity contribution >= 4 is 23.2 Å². The molecule has 0 aliphatic carbocycles. The fraction of sp³-hybridized carbons (Fsp3) is 0.367. The highest BCUT2D eigenvalue weighted by Crippen LogP contribution is 2.34. The van der Waals surface area contributed by atoms with E-state index in [1.54, 1.807) is 31.5 Å². The lowest BCUT2D eigenvalue weighted by Gasteiger charge is -2.33. The maximum atomic E-state index is 13.2. The molecule has 2 amide bonds. The molecule has 2 aromatic carbocycles. The zero-order valence-electron chi connectivity index (χ0n) is 21.8. The summed E-state index contributed by atoms with van der Waals surface area (Å²) >= 11 is 0. The Morgan fingerprint density at radius 2 is 1.86 bits per heavy atom. The van der Waals surface area contributed by atoms with Crippen LogP contribution in [0.4, 0.5) is 11.4 Å². The Kier molecular flexibility index (Phi) is 8.90. The summed E-state index contributed by atoms with van der Waals surface area (Å²) in [4.78, 5) is 33.5. The van der Waals surface area contributed by atoms with E-state index in [1.807, 2.05) is 17.0 Å². The number of rotatable bonds is 9. The van der Waals surface area contributed by atoms with Crippen LogP contribution in [0.3, 0.4) is 0 Å². The van der Waals surface area contributed by atoms with Gasteiger partial charge in [-0.1, -0.05) is 31.2 Å². The van der Waals surface area contributed by atoms with E-state index in [4.69, 9.17) is 5.73 Å². The number of nitrogens with two attached hydrogens (primary N) is 1. The number of amides is 2. The second-order valence-electron chi connectivity index (χ2n) is 9.89. The molecule has 7 heteroatoms. The molecule has 3 aromatic rings. The molecule has 0 bridgehead atoms. The molecule has 1 aliphatic heterocycles. The van der Waals surface area contributed by atoms with E-state index < -0.39 is 0 Å². The Balaban J connectivity index is 1.59. The average molecular weight is 500 g/mol. The fourth-order valence-electron chi connectivity index (χ4n) is 4.81. The van der Waals surface area contributed by atoms with Crippen molar-refractivity contribution in [1.29, 1.82) is 0 Å². The lowest BCUT2D eigenvalue weighted by atomic mass is 9.97. The third-order valence-corrected chi connectivity index (χ3v) is 6.89. The number of hydrogen-bond donors (Lipinski definition) is 2. The Morgan fingerprint density at radius 1 is 1.08 bits per heavy atom. The molecule has 1 aromatic heterocycles. The minimum Gasteiger partial charge on any atom is -0.370 e. The summed E-state index contributed by atoms with van der Waals surface area (Å²) in [6.45, 7) is 7.39. The first-order valence-electron chi connectivity index (χ1n) is 13.1. The molecule has 1 saturated heterocycles. The van der Waals surface area contributed by atoms with Gasteiger partial charge in [0.05, 0.1) is 16.9 Å². The monoisotopic (exact) mass is 499 g/mol. The van der Waals surface area contributed by atoms with E-state index >= 15 is 0 Å². The van der Waals surface area contributed by atoms with Crippen LogP contribution in [0.2, 0.25) is 0 Å². The van der Waals surface area contributed by atoms with Crippen LogP contribution in [0, 0.1) is 5.92 Å². The molecule has 1 fully saturated rings. The maximum absolute atomic E-state index is 13.2. The zero-order chi connectivity index (χ0) is 26.2. The Bertz CT molecular complexity index is 1210. The summed E-state index contributed by atoms with van der Waals surface area (Å²) < 4.78 is 0. The normalized spacial score (nSPS) is 13.9. The topological polar surface area (TPSA) is 91.6 Å². The Labute approximate surface area is 219 Å². The first kappa shape index (κ1) is 26.4.